The minimum absolute atomic E-state index is 0.0239. The predicted molar refractivity (Wildman–Crippen MR) is 62.3 cm³/mol. The number of carboxylic acid groups (broad SMARTS) is 1. The monoisotopic (exact) mass is 236 g/mol. The van der Waals surface area contributed by atoms with E-state index in [1.807, 2.05) is 25.1 Å². The van der Waals surface area contributed by atoms with E-state index >= 15 is 0 Å². The molecule has 0 aliphatic carbocycles. The minimum Gasteiger partial charge on any atom is -0.481 e. The number of aryl methyl sites for hydroxylation is 1. The largest absolute Gasteiger partial charge is 0.481 e. The average Bonchev–Trinajstić information content (AvgIpc) is 2.26. The van der Waals surface area contributed by atoms with Crippen LogP contribution in [0.25, 0.3) is 0 Å². The van der Waals surface area contributed by atoms with E-state index in [0.717, 1.165) is 11.4 Å². The molecular formula is C12H16N2O3. The lowest BCUT2D eigenvalue weighted by atomic mass is 10.2. The third-order valence-electron chi connectivity index (χ3n) is 2.21. The zero-order valence-electron chi connectivity index (χ0n) is 9.77. The fourth-order valence-electron chi connectivity index (χ4n) is 1.38. The van der Waals surface area contributed by atoms with Crippen molar-refractivity contribution < 1.29 is 14.7 Å². The highest BCUT2D eigenvalue weighted by molar-refractivity contribution is 5.76. The lowest BCUT2D eigenvalue weighted by Gasteiger charge is -2.04. The van der Waals surface area contributed by atoms with Gasteiger partial charge in [0.1, 0.15) is 0 Å². The summed E-state index contributed by atoms with van der Waals surface area (Å²) in [5, 5.41) is 11.1. The van der Waals surface area contributed by atoms with E-state index in [0.29, 0.717) is 13.0 Å². The fourth-order valence-corrected chi connectivity index (χ4v) is 1.38. The molecule has 2 N–H and O–H groups in total. The number of carbonyl (C=O) groups excluding carboxylic acids is 1. The third-order valence-corrected chi connectivity index (χ3v) is 2.21. The first kappa shape index (κ1) is 13.2. The number of rotatable bonds is 6. The molecule has 0 saturated heterocycles. The van der Waals surface area contributed by atoms with Gasteiger partial charge < -0.3 is 10.4 Å². The SMILES string of the molecule is Cc1cccc(CNC(=O)CCCC(=O)O)n1. The summed E-state index contributed by atoms with van der Waals surface area (Å²) >= 11 is 0. The Hall–Kier alpha value is -1.91. The Bertz CT molecular complexity index is 404. The molecule has 0 atom stereocenters. The molecule has 1 aromatic rings. The number of nitrogens with one attached hydrogen (secondary N) is 1. The second-order valence-electron chi connectivity index (χ2n) is 3.79. The molecule has 0 spiro atoms. The van der Waals surface area contributed by atoms with Gasteiger partial charge in [0.05, 0.1) is 12.2 Å². The summed E-state index contributed by atoms with van der Waals surface area (Å²) < 4.78 is 0. The molecule has 0 aliphatic rings. The van der Waals surface area contributed by atoms with Gasteiger partial charge in [0, 0.05) is 18.5 Å². The molecule has 92 valence electrons. The Morgan fingerprint density at radius 2 is 2.12 bits per heavy atom. The van der Waals surface area contributed by atoms with E-state index < -0.39 is 5.97 Å². The molecule has 1 heterocycles. The Kier molecular flexibility index (Phi) is 5.13. The van der Waals surface area contributed by atoms with Crippen LogP contribution in [0.3, 0.4) is 0 Å². The lowest BCUT2D eigenvalue weighted by molar-refractivity contribution is -0.137. The molecule has 5 nitrogen and oxygen atoms in total. The van der Waals surface area contributed by atoms with E-state index in [4.69, 9.17) is 5.11 Å². The number of carboxylic acids is 1. The standard InChI is InChI=1S/C12H16N2O3/c1-9-4-2-5-10(14-9)8-13-11(15)6-3-7-12(16)17/h2,4-5H,3,6-8H2,1H3,(H,13,15)(H,16,17). The molecule has 5 heteroatoms. The summed E-state index contributed by atoms with van der Waals surface area (Å²) in [6.07, 6.45) is 0.622. The zero-order valence-corrected chi connectivity index (χ0v) is 9.77. The van der Waals surface area contributed by atoms with Crippen molar-refractivity contribution in [3.63, 3.8) is 0 Å². The van der Waals surface area contributed by atoms with Crippen molar-refractivity contribution in [1.82, 2.24) is 10.3 Å². The molecule has 0 bridgehead atoms. The van der Waals surface area contributed by atoms with Gasteiger partial charge in [0.15, 0.2) is 0 Å². The van der Waals surface area contributed by atoms with Crippen molar-refractivity contribution in [2.24, 2.45) is 0 Å². The van der Waals surface area contributed by atoms with Crippen molar-refractivity contribution in [3.05, 3.63) is 29.6 Å². The normalized spacial score (nSPS) is 9.94. The molecule has 1 aromatic heterocycles. The number of aromatic nitrogens is 1. The van der Waals surface area contributed by atoms with Crippen molar-refractivity contribution in [2.45, 2.75) is 32.7 Å². The van der Waals surface area contributed by atoms with Crippen LogP contribution in [0.2, 0.25) is 0 Å². The maximum absolute atomic E-state index is 11.4. The molecule has 1 amide bonds. The summed E-state index contributed by atoms with van der Waals surface area (Å²) in [6.45, 7) is 2.27. The highest BCUT2D eigenvalue weighted by Crippen LogP contribution is 1.99. The first-order chi connectivity index (χ1) is 8.08. The van der Waals surface area contributed by atoms with E-state index in [1.54, 1.807) is 0 Å². The van der Waals surface area contributed by atoms with Crippen molar-refractivity contribution in [1.29, 1.82) is 0 Å². The molecule has 0 unspecified atom stereocenters. The van der Waals surface area contributed by atoms with Gasteiger partial charge in [-0.2, -0.15) is 0 Å². The molecule has 0 fully saturated rings. The molecular weight excluding hydrogens is 220 g/mol. The van der Waals surface area contributed by atoms with Crippen LogP contribution in [0.1, 0.15) is 30.7 Å². The molecule has 0 radical (unpaired) electrons. The van der Waals surface area contributed by atoms with Gasteiger partial charge in [0.25, 0.3) is 0 Å². The van der Waals surface area contributed by atoms with Crippen LogP contribution < -0.4 is 5.32 Å². The minimum atomic E-state index is -0.877. The predicted octanol–water partition coefficient (Wildman–Crippen LogP) is 1.26. The second-order valence-corrected chi connectivity index (χ2v) is 3.79. The van der Waals surface area contributed by atoms with Gasteiger partial charge in [-0.3, -0.25) is 14.6 Å². The van der Waals surface area contributed by atoms with Crippen molar-refractivity contribution >= 4 is 11.9 Å². The third kappa shape index (κ3) is 5.65. The Morgan fingerprint density at radius 1 is 1.35 bits per heavy atom. The number of aliphatic carboxylic acids is 1. The van der Waals surface area contributed by atoms with Crippen LogP contribution in [0.15, 0.2) is 18.2 Å². The topological polar surface area (TPSA) is 79.3 Å². The fraction of sp³-hybridized carbons (Fsp3) is 0.417. The number of nitrogens with zero attached hydrogens (tertiary/aromatic N) is 1. The highest BCUT2D eigenvalue weighted by Gasteiger charge is 2.04. The van der Waals surface area contributed by atoms with Crippen LogP contribution in [-0.2, 0) is 16.1 Å². The molecule has 1 rings (SSSR count). The van der Waals surface area contributed by atoms with Crippen LogP contribution in [0.5, 0.6) is 0 Å². The number of hydrogen-bond donors (Lipinski definition) is 2. The quantitative estimate of drug-likeness (QED) is 0.779. The molecule has 0 saturated carbocycles. The first-order valence-corrected chi connectivity index (χ1v) is 5.49. The highest BCUT2D eigenvalue weighted by atomic mass is 16.4. The van der Waals surface area contributed by atoms with E-state index in [-0.39, 0.29) is 18.7 Å². The number of carbonyl (C=O) groups is 2. The molecule has 0 aromatic carbocycles. The van der Waals surface area contributed by atoms with E-state index in [2.05, 4.69) is 10.3 Å². The van der Waals surface area contributed by atoms with Crippen LogP contribution in [-0.4, -0.2) is 22.0 Å². The summed E-state index contributed by atoms with van der Waals surface area (Å²) in [6, 6.07) is 5.61. The van der Waals surface area contributed by atoms with Gasteiger partial charge in [-0.1, -0.05) is 6.07 Å². The van der Waals surface area contributed by atoms with Crippen LogP contribution in [0.4, 0.5) is 0 Å². The number of pyridine rings is 1. The number of amides is 1. The number of hydrogen-bond acceptors (Lipinski definition) is 3. The summed E-state index contributed by atoms with van der Waals surface area (Å²) in [7, 11) is 0. The average molecular weight is 236 g/mol. The van der Waals surface area contributed by atoms with E-state index in [9.17, 15) is 9.59 Å². The van der Waals surface area contributed by atoms with Crippen molar-refractivity contribution in [3.8, 4) is 0 Å². The van der Waals surface area contributed by atoms with Gasteiger partial charge >= 0.3 is 5.97 Å². The van der Waals surface area contributed by atoms with Crippen LogP contribution in [0, 0.1) is 6.92 Å². The summed E-state index contributed by atoms with van der Waals surface area (Å²) in [4.78, 5) is 25.9. The maximum Gasteiger partial charge on any atom is 0.303 e. The van der Waals surface area contributed by atoms with E-state index in [1.165, 1.54) is 0 Å². The smallest absolute Gasteiger partial charge is 0.303 e. The molecule has 17 heavy (non-hydrogen) atoms. The van der Waals surface area contributed by atoms with Crippen molar-refractivity contribution in [2.75, 3.05) is 0 Å². The molecule has 0 aliphatic heterocycles. The summed E-state index contributed by atoms with van der Waals surface area (Å²) in [5.74, 6) is -1.02. The Labute approximate surface area is 99.9 Å². The van der Waals surface area contributed by atoms with Gasteiger partial charge in [-0.15, -0.1) is 0 Å². The maximum atomic E-state index is 11.4. The second kappa shape index (κ2) is 6.62. The lowest BCUT2D eigenvalue weighted by Crippen LogP contribution is -2.23. The van der Waals surface area contributed by atoms with Gasteiger partial charge in [0.2, 0.25) is 5.91 Å². The summed E-state index contributed by atoms with van der Waals surface area (Å²) in [5.41, 5.74) is 1.71. The Balaban J connectivity index is 2.26. The van der Waals surface area contributed by atoms with Gasteiger partial charge in [-0.05, 0) is 25.5 Å². The van der Waals surface area contributed by atoms with Crippen LogP contribution >= 0.6 is 0 Å². The Morgan fingerprint density at radius 3 is 2.76 bits per heavy atom. The van der Waals surface area contributed by atoms with Gasteiger partial charge in [-0.25, -0.2) is 0 Å². The first-order valence-electron chi connectivity index (χ1n) is 5.49. The zero-order chi connectivity index (χ0) is 12.7.